The van der Waals surface area contributed by atoms with Crippen molar-refractivity contribution in [2.75, 3.05) is 0 Å². The summed E-state index contributed by atoms with van der Waals surface area (Å²) in [5.74, 6) is 2.45. The fourth-order valence-electron chi connectivity index (χ4n) is 6.87. The number of rotatable bonds is 5. The Labute approximate surface area is 213 Å². The summed E-state index contributed by atoms with van der Waals surface area (Å²) in [6, 6.07) is 11.8. The van der Waals surface area contributed by atoms with Crippen molar-refractivity contribution in [3.8, 4) is 11.1 Å². The van der Waals surface area contributed by atoms with Crippen molar-refractivity contribution in [1.29, 1.82) is 0 Å². The monoisotopic (exact) mass is 462 g/mol. The molecule has 0 bridgehead atoms. The molecule has 0 heterocycles. The summed E-state index contributed by atoms with van der Waals surface area (Å²) in [6.45, 7) is 18.1. The van der Waals surface area contributed by atoms with Crippen LogP contribution in [0.4, 0.5) is 0 Å². The molecule has 182 valence electrons. The molecule has 0 aromatic heterocycles. The maximum absolute atomic E-state index is 4.44. The van der Waals surface area contributed by atoms with Crippen molar-refractivity contribution >= 4 is 6.08 Å². The first-order valence-corrected chi connectivity index (χ1v) is 13.8. The molecule has 35 heavy (non-hydrogen) atoms. The van der Waals surface area contributed by atoms with Gasteiger partial charge in [-0.2, -0.15) is 0 Å². The number of fused-ring (bicyclic) bond motifs is 1. The molecule has 0 N–H and O–H groups in total. The van der Waals surface area contributed by atoms with Gasteiger partial charge < -0.3 is 0 Å². The number of allylic oxidation sites excluding steroid dienone is 5. The minimum Gasteiger partial charge on any atom is -0.0986 e. The Morgan fingerprint density at radius 3 is 2.54 bits per heavy atom. The highest BCUT2D eigenvalue weighted by molar-refractivity contribution is 5.80. The molecular formula is C35H42. The average molecular weight is 463 g/mol. The van der Waals surface area contributed by atoms with Crippen molar-refractivity contribution in [2.45, 2.75) is 72.6 Å². The molecule has 0 spiro atoms. The van der Waals surface area contributed by atoms with Gasteiger partial charge in [0.05, 0.1) is 0 Å². The van der Waals surface area contributed by atoms with Gasteiger partial charge in [0.25, 0.3) is 0 Å². The first kappa shape index (κ1) is 24.1. The molecule has 3 unspecified atom stereocenters. The molecule has 3 aliphatic rings. The third-order valence-corrected chi connectivity index (χ3v) is 9.18. The van der Waals surface area contributed by atoms with Crippen LogP contribution in [0.2, 0.25) is 0 Å². The van der Waals surface area contributed by atoms with Gasteiger partial charge >= 0.3 is 0 Å². The van der Waals surface area contributed by atoms with Crippen LogP contribution >= 0.6 is 0 Å². The van der Waals surface area contributed by atoms with Crippen LogP contribution in [0, 0.1) is 37.5 Å². The molecule has 5 rings (SSSR count). The molecule has 0 aliphatic heterocycles. The lowest BCUT2D eigenvalue weighted by molar-refractivity contribution is 0.254. The highest BCUT2D eigenvalue weighted by atomic mass is 14.3. The number of benzene rings is 2. The van der Waals surface area contributed by atoms with Gasteiger partial charge in [0.2, 0.25) is 0 Å². The molecule has 2 aromatic carbocycles. The van der Waals surface area contributed by atoms with E-state index in [1.165, 1.54) is 82.2 Å². The Morgan fingerprint density at radius 2 is 1.74 bits per heavy atom. The Kier molecular flexibility index (Phi) is 6.75. The van der Waals surface area contributed by atoms with Crippen LogP contribution in [0.3, 0.4) is 0 Å². The van der Waals surface area contributed by atoms with E-state index in [0.29, 0.717) is 11.8 Å². The summed E-state index contributed by atoms with van der Waals surface area (Å²) in [6.07, 6.45) is 15.8. The number of aryl methyl sites for hydroxylation is 2. The standard InChI is InChI=1S/C35H42/c1-22-16-26(5)33(21-29-11-8-7-10-24(29)3)35(17-22)31-13-9-12-30-18-28(20-34(30)31)19-32-25(4)15-14-23(2)27(32)6/h9,12-18,23-24,29,32H,4,6-8,10-11,19-21H2,1-3,5H3/t23?,24-,29?,32?/m0/s1. The van der Waals surface area contributed by atoms with Crippen molar-refractivity contribution in [3.63, 3.8) is 0 Å². The number of hydrogen-bond acceptors (Lipinski definition) is 0. The van der Waals surface area contributed by atoms with Crippen molar-refractivity contribution < 1.29 is 0 Å². The van der Waals surface area contributed by atoms with Crippen molar-refractivity contribution in [2.24, 2.45) is 23.7 Å². The van der Waals surface area contributed by atoms with Crippen LogP contribution in [0.5, 0.6) is 0 Å². The van der Waals surface area contributed by atoms with E-state index in [0.717, 1.165) is 24.7 Å². The average Bonchev–Trinajstić information content (AvgIpc) is 3.25. The van der Waals surface area contributed by atoms with E-state index < -0.39 is 0 Å². The second kappa shape index (κ2) is 9.81. The SMILES string of the molecule is C=C1C=CC(C)C(=C)C1CC1=Cc2cccc(-c3cc(C)cc(C)c3CC3CCCC[C@@H]3C)c2C1. The molecule has 3 aliphatic carbocycles. The highest BCUT2D eigenvalue weighted by Gasteiger charge is 2.28. The maximum atomic E-state index is 4.44. The summed E-state index contributed by atoms with van der Waals surface area (Å²) >= 11 is 0. The predicted octanol–water partition coefficient (Wildman–Crippen LogP) is 9.60. The summed E-state index contributed by atoms with van der Waals surface area (Å²) in [4.78, 5) is 0. The van der Waals surface area contributed by atoms with Gasteiger partial charge in [-0.25, -0.2) is 0 Å². The molecule has 2 aromatic rings. The topological polar surface area (TPSA) is 0 Å². The van der Waals surface area contributed by atoms with Gasteiger partial charge in [0.1, 0.15) is 0 Å². The first-order chi connectivity index (χ1) is 16.8. The van der Waals surface area contributed by atoms with E-state index in [1.807, 2.05) is 0 Å². The van der Waals surface area contributed by atoms with Crippen LogP contribution in [0.1, 0.15) is 73.8 Å². The molecule has 0 heteroatoms. The fraction of sp³-hybridized carbons (Fsp3) is 0.429. The molecule has 0 radical (unpaired) electrons. The van der Waals surface area contributed by atoms with E-state index in [-0.39, 0.29) is 0 Å². The molecule has 4 atom stereocenters. The fourth-order valence-corrected chi connectivity index (χ4v) is 6.87. The van der Waals surface area contributed by atoms with E-state index in [2.05, 4.69) is 89.4 Å². The lowest BCUT2D eigenvalue weighted by Gasteiger charge is -2.30. The molecular weight excluding hydrogens is 420 g/mol. The van der Waals surface area contributed by atoms with Crippen LogP contribution < -0.4 is 0 Å². The Morgan fingerprint density at radius 1 is 0.943 bits per heavy atom. The second-order valence-corrected chi connectivity index (χ2v) is 11.7. The van der Waals surface area contributed by atoms with Gasteiger partial charge in [-0.15, -0.1) is 0 Å². The highest BCUT2D eigenvalue weighted by Crippen LogP contribution is 2.43. The maximum Gasteiger partial charge on any atom is 0.00826 e. The Balaban J connectivity index is 1.46. The summed E-state index contributed by atoms with van der Waals surface area (Å²) in [5, 5.41) is 0. The molecule has 1 saturated carbocycles. The zero-order valence-corrected chi connectivity index (χ0v) is 22.3. The first-order valence-electron chi connectivity index (χ1n) is 13.8. The Bertz CT molecular complexity index is 1220. The predicted molar refractivity (Wildman–Crippen MR) is 153 cm³/mol. The van der Waals surface area contributed by atoms with Gasteiger partial charge in [-0.1, -0.05) is 112 Å². The van der Waals surface area contributed by atoms with Gasteiger partial charge in [0.15, 0.2) is 0 Å². The molecule has 0 nitrogen and oxygen atoms in total. The Hall–Kier alpha value is -2.60. The lowest BCUT2D eigenvalue weighted by atomic mass is 9.75. The van der Waals surface area contributed by atoms with Crippen LogP contribution in [-0.2, 0) is 12.8 Å². The van der Waals surface area contributed by atoms with Crippen LogP contribution in [-0.4, -0.2) is 0 Å². The van der Waals surface area contributed by atoms with Crippen LogP contribution in [0.25, 0.3) is 17.2 Å². The van der Waals surface area contributed by atoms with E-state index in [9.17, 15) is 0 Å². The van der Waals surface area contributed by atoms with Gasteiger partial charge in [-0.3, -0.25) is 0 Å². The van der Waals surface area contributed by atoms with Gasteiger partial charge in [-0.05, 0) is 96.2 Å². The quantitative estimate of drug-likeness (QED) is 0.388. The summed E-state index contributed by atoms with van der Waals surface area (Å²) in [5.41, 5.74) is 14.3. The minimum absolute atomic E-state index is 0.364. The van der Waals surface area contributed by atoms with Crippen LogP contribution in [0.15, 0.2) is 72.4 Å². The lowest BCUT2D eigenvalue weighted by Crippen LogP contribution is -2.19. The van der Waals surface area contributed by atoms with Crippen molar-refractivity contribution in [1.82, 2.24) is 0 Å². The number of hydrogen-bond donors (Lipinski definition) is 0. The summed E-state index contributed by atoms with van der Waals surface area (Å²) in [7, 11) is 0. The van der Waals surface area contributed by atoms with E-state index in [1.54, 1.807) is 5.56 Å². The summed E-state index contributed by atoms with van der Waals surface area (Å²) < 4.78 is 0. The zero-order chi connectivity index (χ0) is 24.7. The molecule has 0 amide bonds. The van der Waals surface area contributed by atoms with Gasteiger partial charge in [0, 0.05) is 5.92 Å². The molecule has 0 saturated heterocycles. The third-order valence-electron chi connectivity index (χ3n) is 9.18. The normalized spacial score (nSPS) is 26.1. The van der Waals surface area contributed by atoms with E-state index in [4.69, 9.17) is 0 Å². The largest absolute Gasteiger partial charge is 0.0986 e. The smallest absolute Gasteiger partial charge is 0.00826 e. The zero-order valence-electron chi connectivity index (χ0n) is 22.3. The van der Waals surface area contributed by atoms with Crippen molar-refractivity contribution in [3.05, 3.63) is 100 Å². The minimum atomic E-state index is 0.364. The second-order valence-electron chi connectivity index (χ2n) is 11.7. The molecule has 1 fully saturated rings. The third kappa shape index (κ3) is 4.77. The van der Waals surface area contributed by atoms with E-state index >= 15 is 0 Å².